The quantitative estimate of drug-likeness (QED) is 0.736. The van der Waals surface area contributed by atoms with Crippen molar-refractivity contribution in [2.45, 2.75) is 19.3 Å². The second-order valence-electron chi connectivity index (χ2n) is 4.74. The standard InChI is InChI=1S/C13H18N2O/c1-8-13(2,3)9-6-10(14)12(16-5)7-11(9)15(8)4/h6-7H,1,14H2,2-5H3. The first-order valence-corrected chi connectivity index (χ1v) is 5.30. The average molecular weight is 218 g/mol. The highest BCUT2D eigenvalue weighted by molar-refractivity contribution is 5.75. The first-order valence-electron chi connectivity index (χ1n) is 5.30. The average Bonchev–Trinajstić information content (AvgIpc) is 2.40. The van der Waals surface area contributed by atoms with Crippen molar-refractivity contribution in [1.82, 2.24) is 0 Å². The predicted octanol–water partition coefficient (Wildman–Crippen LogP) is 2.52. The summed E-state index contributed by atoms with van der Waals surface area (Å²) in [5, 5.41) is 0. The number of rotatable bonds is 1. The summed E-state index contributed by atoms with van der Waals surface area (Å²) in [5.74, 6) is 0.719. The molecule has 16 heavy (non-hydrogen) atoms. The second kappa shape index (κ2) is 3.17. The van der Waals surface area contributed by atoms with Crippen LogP contribution < -0.4 is 15.4 Å². The van der Waals surface area contributed by atoms with Crippen molar-refractivity contribution in [3.05, 3.63) is 30.0 Å². The highest BCUT2D eigenvalue weighted by atomic mass is 16.5. The van der Waals surface area contributed by atoms with Gasteiger partial charge in [0.25, 0.3) is 0 Å². The molecule has 3 nitrogen and oxygen atoms in total. The van der Waals surface area contributed by atoms with E-state index in [9.17, 15) is 0 Å². The van der Waals surface area contributed by atoms with Crippen LogP contribution in [-0.4, -0.2) is 14.2 Å². The molecule has 2 rings (SSSR count). The number of nitrogens with zero attached hydrogens (tertiary/aromatic N) is 1. The lowest BCUT2D eigenvalue weighted by molar-refractivity contribution is 0.417. The summed E-state index contributed by atoms with van der Waals surface area (Å²) in [5.41, 5.74) is 9.97. The lowest BCUT2D eigenvalue weighted by Crippen LogP contribution is -2.21. The zero-order valence-corrected chi connectivity index (χ0v) is 10.3. The highest BCUT2D eigenvalue weighted by Gasteiger charge is 2.37. The van der Waals surface area contributed by atoms with Gasteiger partial charge in [-0.05, 0) is 11.6 Å². The molecule has 0 aromatic heterocycles. The van der Waals surface area contributed by atoms with Crippen LogP contribution >= 0.6 is 0 Å². The largest absolute Gasteiger partial charge is 0.495 e. The maximum atomic E-state index is 5.94. The van der Waals surface area contributed by atoms with E-state index in [2.05, 4.69) is 25.3 Å². The molecule has 0 amide bonds. The van der Waals surface area contributed by atoms with Crippen molar-refractivity contribution >= 4 is 11.4 Å². The minimum atomic E-state index is -0.0650. The molecule has 0 aliphatic carbocycles. The maximum absolute atomic E-state index is 5.94. The van der Waals surface area contributed by atoms with Gasteiger partial charge in [0.1, 0.15) is 5.75 Å². The Hall–Kier alpha value is -1.64. The number of benzene rings is 1. The van der Waals surface area contributed by atoms with Gasteiger partial charge >= 0.3 is 0 Å². The molecule has 0 radical (unpaired) electrons. The second-order valence-corrected chi connectivity index (χ2v) is 4.74. The number of methoxy groups -OCH3 is 1. The SMILES string of the molecule is C=C1N(C)c2cc(OC)c(N)cc2C1(C)C. The zero-order valence-electron chi connectivity index (χ0n) is 10.3. The Morgan fingerprint density at radius 3 is 2.56 bits per heavy atom. The summed E-state index contributed by atoms with van der Waals surface area (Å²) in [7, 11) is 3.65. The molecular weight excluding hydrogens is 200 g/mol. The molecule has 1 aromatic rings. The normalized spacial score (nSPS) is 17.5. The Labute approximate surface area is 96.5 Å². The molecular formula is C13H18N2O. The van der Waals surface area contributed by atoms with Crippen LogP contribution in [0.4, 0.5) is 11.4 Å². The zero-order chi connectivity index (χ0) is 12.1. The van der Waals surface area contributed by atoms with Crippen molar-refractivity contribution < 1.29 is 4.74 Å². The first kappa shape index (κ1) is 10.9. The third-order valence-corrected chi connectivity index (χ3v) is 3.51. The summed E-state index contributed by atoms with van der Waals surface area (Å²) >= 11 is 0. The molecule has 1 aliphatic rings. The van der Waals surface area contributed by atoms with E-state index in [0.717, 1.165) is 17.1 Å². The summed E-state index contributed by atoms with van der Waals surface area (Å²) < 4.78 is 5.24. The molecule has 0 unspecified atom stereocenters. The third kappa shape index (κ3) is 1.21. The van der Waals surface area contributed by atoms with Crippen molar-refractivity contribution in [3.63, 3.8) is 0 Å². The number of ether oxygens (including phenoxy) is 1. The van der Waals surface area contributed by atoms with E-state index in [0.29, 0.717) is 5.69 Å². The topological polar surface area (TPSA) is 38.5 Å². The van der Waals surface area contributed by atoms with Gasteiger partial charge in [-0.1, -0.05) is 20.4 Å². The van der Waals surface area contributed by atoms with Gasteiger partial charge in [-0.15, -0.1) is 0 Å². The molecule has 0 saturated carbocycles. The molecule has 86 valence electrons. The minimum Gasteiger partial charge on any atom is -0.495 e. The molecule has 1 aromatic carbocycles. The number of anilines is 2. The summed E-state index contributed by atoms with van der Waals surface area (Å²) in [6.45, 7) is 8.44. The number of likely N-dealkylation sites (N-methyl/N-ethyl adjacent to an activating group) is 1. The highest BCUT2D eigenvalue weighted by Crippen LogP contribution is 2.48. The maximum Gasteiger partial charge on any atom is 0.143 e. The number of hydrogen-bond donors (Lipinski definition) is 1. The van der Waals surface area contributed by atoms with Crippen LogP contribution in [0.2, 0.25) is 0 Å². The molecule has 0 saturated heterocycles. The van der Waals surface area contributed by atoms with E-state index in [1.54, 1.807) is 7.11 Å². The minimum absolute atomic E-state index is 0.0650. The van der Waals surface area contributed by atoms with Crippen LogP contribution in [-0.2, 0) is 5.41 Å². The van der Waals surface area contributed by atoms with Gasteiger partial charge < -0.3 is 15.4 Å². The van der Waals surface area contributed by atoms with Crippen molar-refractivity contribution in [1.29, 1.82) is 0 Å². The predicted molar refractivity (Wildman–Crippen MR) is 68.0 cm³/mol. The fraction of sp³-hybridized carbons (Fsp3) is 0.385. The Morgan fingerprint density at radius 2 is 2.00 bits per heavy atom. The van der Waals surface area contributed by atoms with Gasteiger partial charge in [0.15, 0.2) is 0 Å². The van der Waals surface area contributed by atoms with Gasteiger partial charge in [-0.25, -0.2) is 0 Å². The Morgan fingerprint density at radius 1 is 1.38 bits per heavy atom. The van der Waals surface area contributed by atoms with E-state index in [-0.39, 0.29) is 5.41 Å². The van der Waals surface area contributed by atoms with Gasteiger partial charge in [-0.3, -0.25) is 0 Å². The molecule has 0 fully saturated rings. The fourth-order valence-corrected chi connectivity index (χ4v) is 2.26. The number of nitrogens with two attached hydrogens (primary N) is 1. The van der Waals surface area contributed by atoms with Gasteiger partial charge in [0, 0.05) is 29.9 Å². The van der Waals surface area contributed by atoms with Gasteiger partial charge in [-0.2, -0.15) is 0 Å². The van der Waals surface area contributed by atoms with E-state index in [4.69, 9.17) is 10.5 Å². The molecule has 2 N–H and O–H groups in total. The Bertz CT molecular complexity index is 463. The Kier molecular flexibility index (Phi) is 2.15. The van der Waals surface area contributed by atoms with Crippen LogP contribution in [0.25, 0.3) is 0 Å². The van der Waals surface area contributed by atoms with E-state index < -0.39 is 0 Å². The van der Waals surface area contributed by atoms with Crippen LogP contribution in [0, 0.1) is 0 Å². The van der Waals surface area contributed by atoms with Crippen LogP contribution in [0.5, 0.6) is 5.75 Å². The molecule has 3 heteroatoms. The third-order valence-electron chi connectivity index (χ3n) is 3.51. The lowest BCUT2D eigenvalue weighted by atomic mass is 9.84. The van der Waals surface area contributed by atoms with Crippen molar-refractivity contribution in [3.8, 4) is 5.75 Å². The van der Waals surface area contributed by atoms with Crippen molar-refractivity contribution in [2.24, 2.45) is 0 Å². The molecule has 1 aliphatic heterocycles. The summed E-state index contributed by atoms with van der Waals surface area (Å²) in [6, 6.07) is 3.97. The fourth-order valence-electron chi connectivity index (χ4n) is 2.26. The van der Waals surface area contributed by atoms with Crippen LogP contribution in [0.1, 0.15) is 19.4 Å². The molecule has 1 heterocycles. The van der Waals surface area contributed by atoms with Gasteiger partial charge in [0.05, 0.1) is 12.8 Å². The smallest absolute Gasteiger partial charge is 0.143 e. The van der Waals surface area contributed by atoms with Gasteiger partial charge in [0.2, 0.25) is 0 Å². The lowest BCUT2D eigenvalue weighted by Gasteiger charge is -2.22. The number of fused-ring (bicyclic) bond motifs is 1. The van der Waals surface area contributed by atoms with Crippen LogP contribution in [0.3, 0.4) is 0 Å². The van der Waals surface area contributed by atoms with Crippen LogP contribution in [0.15, 0.2) is 24.4 Å². The Balaban J connectivity index is 2.68. The summed E-state index contributed by atoms with van der Waals surface area (Å²) in [6.07, 6.45) is 0. The van der Waals surface area contributed by atoms with E-state index in [1.807, 2.05) is 19.2 Å². The number of nitrogen functional groups attached to an aromatic ring is 1. The molecule has 0 atom stereocenters. The van der Waals surface area contributed by atoms with E-state index in [1.165, 1.54) is 5.56 Å². The molecule has 0 bridgehead atoms. The van der Waals surface area contributed by atoms with E-state index >= 15 is 0 Å². The monoisotopic (exact) mass is 218 g/mol. The number of hydrogen-bond acceptors (Lipinski definition) is 3. The molecule has 0 spiro atoms. The first-order chi connectivity index (χ1) is 7.39. The van der Waals surface area contributed by atoms with Crippen molar-refractivity contribution in [2.75, 3.05) is 24.8 Å². The summed E-state index contributed by atoms with van der Waals surface area (Å²) in [4.78, 5) is 2.09. The number of allylic oxidation sites excluding steroid dienone is 1.